The molecule has 1 heterocycles. The van der Waals surface area contributed by atoms with E-state index in [4.69, 9.17) is 4.74 Å². The van der Waals surface area contributed by atoms with Gasteiger partial charge in [-0.05, 0) is 53.6 Å². The molecular formula is C13H18BrNO2S. The van der Waals surface area contributed by atoms with Gasteiger partial charge in [-0.25, -0.2) is 4.79 Å². The minimum absolute atomic E-state index is 0.266. The normalized spacial score (nSPS) is 23.7. The van der Waals surface area contributed by atoms with Crippen molar-refractivity contribution in [2.75, 3.05) is 12.4 Å². The summed E-state index contributed by atoms with van der Waals surface area (Å²) in [5, 5.41) is 3.49. The molecule has 1 aromatic heterocycles. The van der Waals surface area contributed by atoms with E-state index in [-0.39, 0.29) is 5.97 Å². The zero-order valence-electron chi connectivity index (χ0n) is 10.7. The first-order valence-electron chi connectivity index (χ1n) is 6.24. The Balaban J connectivity index is 2.06. The standard InChI is InChI=1S/C13H18BrNO2S/c1-8-3-5-9(6-4-8)15-10-7-11(14)18-12(10)13(16)17-2/h7-9,15H,3-6H2,1-2H3. The third-order valence-corrected chi connectivity index (χ3v) is 5.07. The average Bonchev–Trinajstić information content (AvgIpc) is 2.72. The fourth-order valence-corrected chi connectivity index (χ4v) is 3.82. The topological polar surface area (TPSA) is 38.3 Å². The second-order valence-electron chi connectivity index (χ2n) is 4.89. The van der Waals surface area contributed by atoms with Crippen molar-refractivity contribution in [2.24, 2.45) is 5.92 Å². The fourth-order valence-electron chi connectivity index (χ4n) is 2.34. The van der Waals surface area contributed by atoms with Crippen LogP contribution >= 0.6 is 27.3 Å². The third-order valence-electron chi connectivity index (χ3n) is 3.45. The van der Waals surface area contributed by atoms with E-state index in [0.29, 0.717) is 10.9 Å². The van der Waals surface area contributed by atoms with Crippen molar-refractivity contribution in [1.29, 1.82) is 0 Å². The van der Waals surface area contributed by atoms with Crippen molar-refractivity contribution in [3.63, 3.8) is 0 Å². The summed E-state index contributed by atoms with van der Waals surface area (Å²) in [5.41, 5.74) is 0.901. The second kappa shape index (κ2) is 6.06. The Bertz CT molecular complexity index is 425. The molecule has 1 aliphatic carbocycles. The predicted octanol–water partition coefficient (Wildman–Crippen LogP) is 4.29. The van der Waals surface area contributed by atoms with E-state index in [0.717, 1.165) is 15.4 Å². The highest BCUT2D eigenvalue weighted by molar-refractivity contribution is 9.11. The van der Waals surface area contributed by atoms with Crippen molar-refractivity contribution >= 4 is 38.9 Å². The van der Waals surface area contributed by atoms with Gasteiger partial charge in [0, 0.05) is 6.04 Å². The van der Waals surface area contributed by atoms with Crippen LogP contribution in [0.15, 0.2) is 9.85 Å². The molecule has 1 fully saturated rings. The van der Waals surface area contributed by atoms with Crippen LogP contribution in [0, 0.1) is 5.92 Å². The number of carbonyl (C=O) groups excluding carboxylic acids is 1. The number of anilines is 1. The first-order chi connectivity index (χ1) is 8.60. The molecule has 0 bridgehead atoms. The Hall–Kier alpha value is -0.550. The number of ether oxygens (including phenoxy) is 1. The van der Waals surface area contributed by atoms with Gasteiger partial charge in [-0.2, -0.15) is 0 Å². The van der Waals surface area contributed by atoms with Gasteiger partial charge in [0.25, 0.3) is 0 Å². The van der Waals surface area contributed by atoms with Crippen molar-refractivity contribution in [3.8, 4) is 0 Å². The number of thiophene rings is 1. The van der Waals surface area contributed by atoms with Gasteiger partial charge in [-0.15, -0.1) is 11.3 Å². The largest absolute Gasteiger partial charge is 0.465 e. The molecule has 0 aromatic carbocycles. The van der Waals surface area contributed by atoms with Gasteiger partial charge in [0.2, 0.25) is 0 Å². The number of esters is 1. The highest BCUT2D eigenvalue weighted by atomic mass is 79.9. The summed E-state index contributed by atoms with van der Waals surface area (Å²) < 4.78 is 5.76. The lowest BCUT2D eigenvalue weighted by molar-refractivity contribution is 0.0607. The molecule has 0 atom stereocenters. The number of hydrogen-bond acceptors (Lipinski definition) is 4. The Morgan fingerprint density at radius 1 is 1.44 bits per heavy atom. The first-order valence-corrected chi connectivity index (χ1v) is 7.85. The molecule has 5 heteroatoms. The van der Waals surface area contributed by atoms with Gasteiger partial charge in [0.15, 0.2) is 0 Å². The summed E-state index contributed by atoms with van der Waals surface area (Å²) >= 11 is 4.84. The van der Waals surface area contributed by atoms with Crippen LogP contribution in [0.4, 0.5) is 5.69 Å². The molecule has 18 heavy (non-hydrogen) atoms. The molecule has 1 saturated carbocycles. The number of rotatable bonds is 3. The van der Waals surface area contributed by atoms with Crippen molar-refractivity contribution < 1.29 is 9.53 Å². The van der Waals surface area contributed by atoms with Crippen LogP contribution in [0.5, 0.6) is 0 Å². The molecule has 0 amide bonds. The van der Waals surface area contributed by atoms with Crippen LogP contribution in [-0.2, 0) is 4.74 Å². The number of carbonyl (C=O) groups is 1. The monoisotopic (exact) mass is 331 g/mol. The maximum absolute atomic E-state index is 11.7. The molecule has 3 nitrogen and oxygen atoms in total. The maximum atomic E-state index is 11.7. The summed E-state index contributed by atoms with van der Waals surface area (Å²) in [4.78, 5) is 12.3. The van der Waals surface area contributed by atoms with Crippen LogP contribution < -0.4 is 5.32 Å². The molecule has 0 unspecified atom stereocenters. The smallest absolute Gasteiger partial charge is 0.350 e. The maximum Gasteiger partial charge on any atom is 0.350 e. The zero-order valence-corrected chi connectivity index (χ0v) is 13.1. The van der Waals surface area contributed by atoms with Crippen LogP contribution in [-0.4, -0.2) is 19.1 Å². The molecule has 0 saturated heterocycles. The third kappa shape index (κ3) is 3.26. The quantitative estimate of drug-likeness (QED) is 0.839. The predicted molar refractivity (Wildman–Crippen MR) is 78.4 cm³/mol. The van der Waals surface area contributed by atoms with E-state index < -0.39 is 0 Å². The van der Waals surface area contributed by atoms with Gasteiger partial charge in [-0.1, -0.05) is 6.92 Å². The summed E-state index contributed by atoms with van der Waals surface area (Å²) in [7, 11) is 1.42. The van der Waals surface area contributed by atoms with E-state index in [9.17, 15) is 4.79 Å². The summed E-state index contributed by atoms with van der Waals surface area (Å²) in [6, 6.07) is 2.45. The Morgan fingerprint density at radius 3 is 2.72 bits per heavy atom. The second-order valence-corrected chi connectivity index (χ2v) is 7.32. The molecule has 0 radical (unpaired) electrons. The average molecular weight is 332 g/mol. The molecule has 1 N–H and O–H groups in total. The first kappa shape index (κ1) is 13.9. The molecule has 100 valence electrons. The minimum Gasteiger partial charge on any atom is -0.465 e. The Labute approximate surface area is 120 Å². The molecule has 2 rings (SSSR count). The van der Waals surface area contributed by atoms with Gasteiger partial charge >= 0.3 is 5.97 Å². The van der Waals surface area contributed by atoms with Crippen LogP contribution in [0.3, 0.4) is 0 Å². The van der Waals surface area contributed by atoms with Crippen LogP contribution in [0.1, 0.15) is 42.3 Å². The highest BCUT2D eigenvalue weighted by Crippen LogP contribution is 2.34. The number of methoxy groups -OCH3 is 1. The van der Waals surface area contributed by atoms with Gasteiger partial charge in [-0.3, -0.25) is 0 Å². The Morgan fingerprint density at radius 2 is 2.11 bits per heavy atom. The SMILES string of the molecule is COC(=O)c1sc(Br)cc1NC1CCC(C)CC1. The lowest BCUT2D eigenvalue weighted by Crippen LogP contribution is -2.25. The van der Waals surface area contributed by atoms with Crippen molar-refractivity contribution in [2.45, 2.75) is 38.6 Å². The molecule has 1 aliphatic rings. The highest BCUT2D eigenvalue weighted by Gasteiger charge is 2.22. The summed E-state index contributed by atoms with van der Waals surface area (Å²) in [5.74, 6) is 0.565. The summed E-state index contributed by atoms with van der Waals surface area (Å²) in [6.45, 7) is 2.30. The van der Waals surface area contributed by atoms with Gasteiger partial charge in [0.1, 0.15) is 4.88 Å². The Kier molecular flexibility index (Phi) is 4.67. The van der Waals surface area contributed by atoms with E-state index in [1.165, 1.54) is 44.1 Å². The molecular weight excluding hydrogens is 314 g/mol. The number of hydrogen-bond donors (Lipinski definition) is 1. The minimum atomic E-state index is -0.266. The van der Waals surface area contributed by atoms with Crippen LogP contribution in [0.25, 0.3) is 0 Å². The molecule has 1 aromatic rings. The van der Waals surface area contributed by atoms with E-state index in [2.05, 4.69) is 28.2 Å². The fraction of sp³-hybridized carbons (Fsp3) is 0.615. The van der Waals surface area contributed by atoms with Crippen molar-refractivity contribution in [1.82, 2.24) is 0 Å². The van der Waals surface area contributed by atoms with E-state index in [1.807, 2.05) is 6.07 Å². The lowest BCUT2D eigenvalue weighted by atomic mass is 9.87. The van der Waals surface area contributed by atoms with Gasteiger partial charge < -0.3 is 10.1 Å². The van der Waals surface area contributed by atoms with Gasteiger partial charge in [0.05, 0.1) is 16.6 Å². The molecule has 0 spiro atoms. The zero-order chi connectivity index (χ0) is 13.1. The van der Waals surface area contributed by atoms with E-state index >= 15 is 0 Å². The van der Waals surface area contributed by atoms with E-state index in [1.54, 1.807) is 0 Å². The molecule has 0 aliphatic heterocycles. The van der Waals surface area contributed by atoms with Crippen LogP contribution in [0.2, 0.25) is 0 Å². The lowest BCUT2D eigenvalue weighted by Gasteiger charge is -2.27. The van der Waals surface area contributed by atoms with Crippen molar-refractivity contribution in [3.05, 3.63) is 14.7 Å². The summed E-state index contributed by atoms with van der Waals surface area (Å²) in [6.07, 6.45) is 4.87. The number of halogens is 1. The number of nitrogens with one attached hydrogen (secondary N) is 1.